The molecule has 0 radical (unpaired) electrons. The van der Waals surface area contributed by atoms with Crippen LogP contribution in [0.25, 0.3) is 0 Å². The summed E-state index contributed by atoms with van der Waals surface area (Å²) in [5.41, 5.74) is -0.383. The van der Waals surface area contributed by atoms with E-state index in [1.807, 2.05) is 25.7 Å². The van der Waals surface area contributed by atoms with Crippen molar-refractivity contribution in [3.05, 3.63) is 0 Å². The first kappa shape index (κ1) is 13.7. The van der Waals surface area contributed by atoms with E-state index in [1.54, 1.807) is 0 Å². The van der Waals surface area contributed by atoms with Gasteiger partial charge in [-0.3, -0.25) is 0 Å². The Labute approximate surface area is 110 Å². The lowest BCUT2D eigenvalue weighted by Crippen LogP contribution is -2.45. The van der Waals surface area contributed by atoms with E-state index < -0.39 is 0 Å². The largest absolute Gasteiger partial charge is 0.444 e. The average molecular weight is 254 g/mol. The van der Waals surface area contributed by atoms with Gasteiger partial charge < -0.3 is 15.0 Å². The van der Waals surface area contributed by atoms with Gasteiger partial charge in [0.15, 0.2) is 0 Å². The monoisotopic (exact) mass is 254 g/mol. The maximum Gasteiger partial charge on any atom is 0.410 e. The highest BCUT2D eigenvalue weighted by atomic mass is 16.6. The van der Waals surface area contributed by atoms with E-state index in [0.29, 0.717) is 0 Å². The van der Waals surface area contributed by atoms with Gasteiger partial charge >= 0.3 is 6.09 Å². The molecule has 4 nitrogen and oxygen atoms in total. The summed E-state index contributed by atoms with van der Waals surface area (Å²) in [6.07, 6.45) is 3.45. The lowest BCUT2D eigenvalue weighted by Gasteiger charge is -2.36. The molecule has 0 aromatic rings. The molecule has 0 aromatic carbocycles. The van der Waals surface area contributed by atoms with Crippen LogP contribution in [0.2, 0.25) is 0 Å². The van der Waals surface area contributed by atoms with Crippen LogP contribution in [0.1, 0.15) is 40.0 Å². The summed E-state index contributed by atoms with van der Waals surface area (Å²) < 4.78 is 5.40. The van der Waals surface area contributed by atoms with Crippen molar-refractivity contribution in [1.82, 2.24) is 10.2 Å². The maximum atomic E-state index is 11.9. The van der Waals surface area contributed by atoms with Crippen LogP contribution in [0.4, 0.5) is 4.79 Å². The van der Waals surface area contributed by atoms with Gasteiger partial charge in [-0.15, -0.1) is 0 Å². The van der Waals surface area contributed by atoms with Crippen molar-refractivity contribution >= 4 is 6.09 Å². The minimum absolute atomic E-state index is 0.147. The number of hydrogen-bond donors (Lipinski definition) is 1. The number of ether oxygens (including phenoxy) is 1. The van der Waals surface area contributed by atoms with E-state index in [-0.39, 0.29) is 11.7 Å². The molecule has 4 heteroatoms. The number of likely N-dealkylation sites (tertiary alicyclic amines) is 1. The van der Waals surface area contributed by atoms with Gasteiger partial charge in [-0.05, 0) is 65.0 Å². The van der Waals surface area contributed by atoms with Crippen molar-refractivity contribution in [1.29, 1.82) is 0 Å². The number of carbonyl (C=O) groups excluding carboxylic acids is 1. The Balaban J connectivity index is 1.70. The number of hydrogen-bond acceptors (Lipinski definition) is 3. The van der Waals surface area contributed by atoms with Crippen LogP contribution < -0.4 is 5.32 Å². The zero-order valence-corrected chi connectivity index (χ0v) is 11.9. The zero-order chi connectivity index (χ0) is 13.2. The highest BCUT2D eigenvalue weighted by Crippen LogP contribution is 2.26. The van der Waals surface area contributed by atoms with Gasteiger partial charge in [-0.2, -0.15) is 0 Å². The van der Waals surface area contributed by atoms with Crippen LogP contribution in [0.15, 0.2) is 0 Å². The summed E-state index contributed by atoms with van der Waals surface area (Å²) in [7, 11) is 0. The minimum atomic E-state index is -0.383. The van der Waals surface area contributed by atoms with Crippen LogP contribution in [-0.2, 0) is 4.74 Å². The zero-order valence-electron chi connectivity index (χ0n) is 11.9. The predicted octanol–water partition coefficient (Wildman–Crippen LogP) is 2.24. The Morgan fingerprint density at radius 3 is 2.28 bits per heavy atom. The third kappa shape index (κ3) is 3.87. The first-order valence-electron chi connectivity index (χ1n) is 7.13. The van der Waals surface area contributed by atoms with Gasteiger partial charge in [0.1, 0.15) is 5.60 Å². The number of nitrogens with zero attached hydrogens (tertiary/aromatic N) is 1. The lowest BCUT2D eigenvalue weighted by atomic mass is 9.85. The summed E-state index contributed by atoms with van der Waals surface area (Å²) in [4.78, 5) is 13.8. The van der Waals surface area contributed by atoms with Crippen LogP contribution in [0.5, 0.6) is 0 Å². The fraction of sp³-hybridized carbons (Fsp3) is 0.929. The van der Waals surface area contributed by atoms with E-state index in [1.165, 1.54) is 19.5 Å². The topological polar surface area (TPSA) is 41.6 Å². The molecular formula is C14H26N2O2. The number of amides is 1. The molecule has 1 amide bonds. The van der Waals surface area contributed by atoms with Crippen LogP contribution in [-0.4, -0.2) is 42.8 Å². The van der Waals surface area contributed by atoms with E-state index in [9.17, 15) is 4.79 Å². The number of piperidine rings is 1. The summed E-state index contributed by atoms with van der Waals surface area (Å²) >= 11 is 0. The van der Waals surface area contributed by atoms with Gasteiger partial charge in [0.25, 0.3) is 0 Å². The molecule has 0 saturated carbocycles. The molecule has 1 N–H and O–H groups in total. The highest BCUT2D eigenvalue weighted by molar-refractivity contribution is 5.68. The van der Waals surface area contributed by atoms with Gasteiger partial charge in [0, 0.05) is 13.1 Å². The third-order valence-electron chi connectivity index (χ3n) is 3.80. The van der Waals surface area contributed by atoms with Gasteiger partial charge in [0.05, 0.1) is 0 Å². The molecule has 18 heavy (non-hydrogen) atoms. The van der Waals surface area contributed by atoms with E-state index in [4.69, 9.17) is 4.74 Å². The Morgan fingerprint density at radius 1 is 1.22 bits per heavy atom. The van der Waals surface area contributed by atoms with Crippen molar-refractivity contribution in [2.24, 2.45) is 11.8 Å². The lowest BCUT2D eigenvalue weighted by molar-refractivity contribution is 0.0172. The fourth-order valence-electron chi connectivity index (χ4n) is 2.66. The molecule has 0 aromatic heterocycles. The molecule has 104 valence electrons. The van der Waals surface area contributed by atoms with Crippen LogP contribution >= 0.6 is 0 Å². The van der Waals surface area contributed by atoms with E-state index >= 15 is 0 Å². The van der Waals surface area contributed by atoms with Crippen LogP contribution in [0.3, 0.4) is 0 Å². The normalized spacial score (nSPS) is 22.7. The van der Waals surface area contributed by atoms with Gasteiger partial charge in [-0.25, -0.2) is 4.79 Å². The SMILES string of the molecule is CC(C)(C)OC(=O)N1CCC(CC2CNC2)CC1. The second-order valence-corrected chi connectivity index (χ2v) is 6.67. The molecule has 2 aliphatic rings. The molecule has 0 atom stereocenters. The quantitative estimate of drug-likeness (QED) is 0.821. The average Bonchev–Trinajstić information content (AvgIpc) is 2.22. The molecule has 2 saturated heterocycles. The van der Waals surface area contributed by atoms with Crippen molar-refractivity contribution in [3.8, 4) is 0 Å². The van der Waals surface area contributed by atoms with E-state index in [0.717, 1.165) is 37.8 Å². The van der Waals surface area contributed by atoms with Gasteiger partial charge in [0.2, 0.25) is 0 Å². The maximum absolute atomic E-state index is 11.9. The molecule has 0 spiro atoms. The highest BCUT2D eigenvalue weighted by Gasteiger charge is 2.29. The molecule has 0 aliphatic carbocycles. The Hall–Kier alpha value is -0.770. The van der Waals surface area contributed by atoms with E-state index in [2.05, 4.69) is 5.32 Å². The Morgan fingerprint density at radius 2 is 1.83 bits per heavy atom. The summed E-state index contributed by atoms with van der Waals surface area (Å²) in [5.74, 6) is 1.68. The molecule has 2 fully saturated rings. The number of rotatable bonds is 2. The summed E-state index contributed by atoms with van der Waals surface area (Å²) in [6, 6.07) is 0. The summed E-state index contributed by atoms with van der Waals surface area (Å²) in [5, 5.41) is 3.32. The standard InChI is InChI=1S/C14H26N2O2/c1-14(2,3)18-13(17)16-6-4-11(5-7-16)8-12-9-15-10-12/h11-12,15H,4-10H2,1-3H3. The van der Waals surface area contributed by atoms with Crippen LogP contribution in [0, 0.1) is 11.8 Å². The van der Waals surface area contributed by atoms with Crippen molar-refractivity contribution in [2.75, 3.05) is 26.2 Å². The molecule has 0 unspecified atom stereocenters. The fourth-order valence-corrected chi connectivity index (χ4v) is 2.66. The van der Waals surface area contributed by atoms with Gasteiger partial charge in [-0.1, -0.05) is 0 Å². The van der Waals surface area contributed by atoms with Crippen molar-refractivity contribution < 1.29 is 9.53 Å². The first-order chi connectivity index (χ1) is 8.44. The van der Waals surface area contributed by atoms with Crippen molar-refractivity contribution in [3.63, 3.8) is 0 Å². The molecular weight excluding hydrogens is 228 g/mol. The first-order valence-corrected chi connectivity index (χ1v) is 7.13. The Bertz CT molecular complexity index is 287. The Kier molecular flexibility index (Phi) is 4.15. The second-order valence-electron chi connectivity index (χ2n) is 6.67. The minimum Gasteiger partial charge on any atom is -0.444 e. The molecule has 2 heterocycles. The molecule has 2 rings (SSSR count). The number of carbonyl (C=O) groups is 1. The molecule has 2 aliphatic heterocycles. The third-order valence-corrected chi connectivity index (χ3v) is 3.80. The smallest absolute Gasteiger partial charge is 0.410 e. The predicted molar refractivity (Wildman–Crippen MR) is 71.5 cm³/mol. The molecule has 0 bridgehead atoms. The second kappa shape index (κ2) is 5.47. The van der Waals surface area contributed by atoms with Crippen molar-refractivity contribution in [2.45, 2.75) is 45.6 Å². The summed E-state index contributed by atoms with van der Waals surface area (Å²) in [6.45, 7) is 9.85. The number of nitrogens with one attached hydrogen (secondary N) is 1.